The highest BCUT2D eigenvalue weighted by Gasteiger charge is 2.33. The Balaban J connectivity index is 0.000000118. The Bertz CT molecular complexity index is 8240. The molecule has 17 aromatic carbocycles. The maximum atomic E-state index is 8.51. The van der Waals surface area contributed by atoms with Crippen molar-refractivity contribution >= 4 is 131 Å². The molecule has 0 saturated carbocycles. The van der Waals surface area contributed by atoms with Crippen molar-refractivity contribution in [1.29, 1.82) is 0 Å². The monoisotopic (exact) mass is 1610 g/mol. The van der Waals surface area contributed by atoms with Gasteiger partial charge < -0.3 is 27.4 Å². The van der Waals surface area contributed by atoms with Gasteiger partial charge >= 0.3 is 0 Å². The largest absolute Gasteiger partial charge is 0.309 e. The van der Waals surface area contributed by atoms with Crippen molar-refractivity contribution in [3.05, 3.63) is 410 Å². The number of para-hydroxylation sites is 9. The zero-order chi connectivity index (χ0) is 89.0. The Hall–Kier alpha value is -14.5. The molecule has 0 radical (unpaired) electrons. The van der Waals surface area contributed by atoms with Gasteiger partial charge in [-0.15, -0.1) is 0 Å². The first-order valence-electron chi connectivity index (χ1n) is 45.8. The zero-order valence-electron chi connectivity index (χ0n) is 77.2. The summed E-state index contributed by atoms with van der Waals surface area (Å²) < 4.78 is 56.0. The first-order valence-corrected chi connectivity index (χ1v) is 43.3. The Morgan fingerprint density at radius 2 is 0.395 bits per heavy atom. The van der Waals surface area contributed by atoms with Crippen LogP contribution in [0.5, 0.6) is 0 Å². The molecule has 0 aliphatic heterocycles. The molecule has 6 nitrogen and oxygen atoms in total. The van der Waals surface area contributed by atoms with E-state index in [1.807, 2.05) is 24.3 Å². The van der Waals surface area contributed by atoms with Crippen molar-refractivity contribution < 1.29 is 6.85 Å². The molecule has 0 unspecified atom stereocenters. The van der Waals surface area contributed by atoms with Crippen molar-refractivity contribution in [2.24, 2.45) is 0 Å². The van der Waals surface area contributed by atoms with Crippen molar-refractivity contribution in [1.82, 2.24) is 27.4 Å². The fourth-order valence-corrected chi connectivity index (χ4v) is 20.0. The number of hydrogen-bond donors (Lipinski definition) is 0. The molecular weight excluding hydrogens is 1500 g/mol. The van der Waals surface area contributed by atoms with E-state index in [2.05, 4.69) is 444 Å². The van der Waals surface area contributed by atoms with Crippen LogP contribution in [0, 0.1) is 0 Å². The average Bonchev–Trinajstić information content (AvgIpc) is 1.56. The Morgan fingerprint density at radius 3 is 0.653 bits per heavy atom. The van der Waals surface area contributed by atoms with Crippen LogP contribution < -0.4 is 0 Å². The van der Waals surface area contributed by atoms with Crippen molar-refractivity contribution in [3.8, 4) is 56.4 Å². The minimum Gasteiger partial charge on any atom is -0.309 e. The molecular formula is C118H100N6. The van der Waals surface area contributed by atoms with Crippen molar-refractivity contribution in [3.63, 3.8) is 0 Å². The second-order valence-corrected chi connectivity index (χ2v) is 37.2. The number of fused-ring (bicyclic) bond motifs is 18. The van der Waals surface area contributed by atoms with Gasteiger partial charge in [0.05, 0.1) is 90.1 Å². The van der Waals surface area contributed by atoms with Crippen LogP contribution in [0.4, 0.5) is 0 Å². The lowest BCUT2D eigenvalue weighted by Crippen LogP contribution is -2.17. The van der Waals surface area contributed by atoms with Gasteiger partial charge in [0.25, 0.3) is 0 Å². The Kier molecular flexibility index (Phi) is 17.1. The van der Waals surface area contributed by atoms with E-state index in [0.29, 0.717) is 5.56 Å². The summed E-state index contributed by atoms with van der Waals surface area (Å²) in [7, 11) is 0. The van der Waals surface area contributed by atoms with E-state index in [4.69, 9.17) is 6.85 Å². The zero-order valence-corrected chi connectivity index (χ0v) is 72.2. The van der Waals surface area contributed by atoms with Crippen LogP contribution in [0.15, 0.2) is 388 Å². The first-order chi connectivity index (χ1) is 62.2. The summed E-state index contributed by atoms with van der Waals surface area (Å²) in [4.78, 5) is 0. The molecule has 0 atom stereocenters. The maximum Gasteiger partial charge on any atom is 0.0629 e. The van der Waals surface area contributed by atoms with Crippen molar-refractivity contribution in [2.45, 2.75) is 105 Å². The summed E-state index contributed by atoms with van der Waals surface area (Å²) in [5.41, 5.74) is 29.5. The van der Waals surface area contributed by atoms with Gasteiger partial charge in [-0.25, -0.2) is 0 Å². The molecule has 23 aromatic rings. The lowest BCUT2D eigenvalue weighted by Gasteiger charge is -2.27. The average molecular weight is 1610 g/mol. The van der Waals surface area contributed by atoms with Crippen molar-refractivity contribution in [2.75, 3.05) is 0 Å². The van der Waals surface area contributed by atoms with Gasteiger partial charge in [-0.1, -0.05) is 362 Å². The van der Waals surface area contributed by atoms with E-state index >= 15 is 0 Å². The molecule has 0 bridgehead atoms. The van der Waals surface area contributed by atoms with Gasteiger partial charge in [0.15, 0.2) is 0 Å². The van der Waals surface area contributed by atoms with E-state index in [9.17, 15) is 0 Å². The van der Waals surface area contributed by atoms with Crippen LogP contribution in [-0.2, 0) is 21.7 Å². The third-order valence-electron chi connectivity index (χ3n) is 25.3. The molecule has 0 N–H and O–H groups in total. The third-order valence-corrected chi connectivity index (χ3v) is 25.3. The van der Waals surface area contributed by atoms with Gasteiger partial charge in [0.1, 0.15) is 0 Å². The molecule has 6 aromatic heterocycles. The molecule has 23 rings (SSSR count). The predicted molar refractivity (Wildman–Crippen MR) is 531 cm³/mol. The van der Waals surface area contributed by atoms with Gasteiger partial charge in [-0.2, -0.15) is 0 Å². The van der Waals surface area contributed by atoms with Crippen LogP contribution >= 0.6 is 0 Å². The maximum absolute atomic E-state index is 8.51. The van der Waals surface area contributed by atoms with Crippen LogP contribution in [0.25, 0.3) is 187 Å². The molecule has 124 heavy (non-hydrogen) atoms. The minimum absolute atomic E-state index is 0.111. The minimum atomic E-state index is -0.389. The fraction of sp³-hybridized carbons (Fsp3) is 0.136. The number of rotatable bonds is 8. The van der Waals surface area contributed by atoms with E-state index in [-0.39, 0.29) is 57.4 Å². The highest BCUT2D eigenvalue weighted by molar-refractivity contribution is 6.17. The standard InChI is InChI=1S/2C40H32N2.C38H36N2/c2*1-40(2,3)38-37(42-35-19-11-7-15-30(35)31-16-8-12-20-36(31)42)26-25-33-32-17-9-10-18-34(32)41(39(33)38)29-23-21-28(22-24-29)27-13-5-4-6-14-27;1-37(2,3)25-19-21-26(22-20-25)39-31-16-10-9-15-29(31)30-23-24-34(35(36(30)39)38(4,5)6)40-32-17-11-7-13-27(32)28-14-8-12-18-33(28)40/h2*4-26H,1-3H3;7-24H,1-6H3/i4D,5D,6D,13D,14D;;. The first kappa shape index (κ1) is 71.3. The highest BCUT2D eigenvalue weighted by Crippen LogP contribution is 2.49. The lowest BCUT2D eigenvalue weighted by atomic mass is 9.83. The van der Waals surface area contributed by atoms with Gasteiger partial charge in [-0.3, -0.25) is 0 Å². The summed E-state index contributed by atoms with van der Waals surface area (Å²) in [5, 5.41) is 15.0. The summed E-state index contributed by atoms with van der Waals surface area (Å²) in [5.74, 6) is 0. The van der Waals surface area contributed by atoms with Crippen LogP contribution in [0.3, 0.4) is 0 Å². The number of nitrogens with zero attached hydrogens (tertiary/aromatic N) is 6. The van der Waals surface area contributed by atoms with E-state index in [0.717, 1.165) is 44.2 Å². The molecule has 602 valence electrons. The molecule has 0 amide bonds. The number of benzene rings is 17. The smallest absolute Gasteiger partial charge is 0.0629 e. The molecule has 6 heteroatoms. The van der Waals surface area contributed by atoms with Crippen LogP contribution in [-0.4, -0.2) is 27.4 Å². The summed E-state index contributed by atoms with van der Waals surface area (Å²) >= 11 is 0. The predicted octanol–water partition coefficient (Wildman–Crippen LogP) is 32.2. The summed E-state index contributed by atoms with van der Waals surface area (Å²) in [6.07, 6.45) is 0. The third kappa shape index (κ3) is 12.7. The van der Waals surface area contributed by atoms with Crippen LogP contribution in [0.1, 0.15) is 112 Å². The second kappa shape index (κ2) is 29.7. The SMILES string of the molecule is CC(C)(C)c1c(-n2c3ccccc3c3ccccc32)ccc2c3ccccc3n(-c3ccc(-c4ccccc4)cc3)c12.CC(C)(C)c1ccc(-n2c3ccccc3c3ccc(-n4c5ccccc5c5ccccc54)c(C(C)(C)C)c32)cc1.[2H]c1c([2H])c([2H])c(-c2ccc(-n3c4ccccc4c4ccc(-n5c6ccccc6c6ccccc65)c(C(C)(C)C)c43)cc2)c([2H])c1[2H]. The lowest BCUT2D eigenvalue weighted by molar-refractivity contribution is 0.589. The Morgan fingerprint density at radius 1 is 0.177 bits per heavy atom. The highest BCUT2D eigenvalue weighted by atomic mass is 15.0. The Labute approximate surface area is 732 Å². The molecule has 0 fully saturated rings. The molecule has 0 saturated heterocycles. The second-order valence-electron chi connectivity index (χ2n) is 37.2. The summed E-state index contributed by atoms with van der Waals surface area (Å²) in [6, 6.07) is 127. The van der Waals surface area contributed by atoms with Gasteiger partial charge in [0, 0.05) is 98.4 Å². The van der Waals surface area contributed by atoms with E-state index < -0.39 is 0 Å². The van der Waals surface area contributed by atoms with Gasteiger partial charge in [-0.05, 0) is 159 Å². The van der Waals surface area contributed by atoms with E-state index in [1.54, 1.807) is 0 Å². The molecule has 0 aliphatic rings. The van der Waals surface area contributed by atoms with Crippen LogP contribution in [0.2, 0.25) is 0 Å². The molecule has 6 heterocycles. The number of aromatic nitrogens is 6. The fourth-order valence-electron chi connectivity index (χ4n) is 20.0. The summed E-state index contributed by atoms with van der Waals surface area (Å²) in [6.45, 7) is 27.7. The molecule has 0 spiro atoms. The molecule has 0 aliphatic carbocycles. The van der Waals surface area contributed by atoms with Gasteiger partial charge in [0.2, 0.25) is 0 Å². The van der Waals surface area contributed by atoms with E-state index in [1.165, 1.54) is 154 Å². The quantitative estimate of drug-likeness (QED) is 0.145. The topological polar surface area (TPSA) is 29.6 Å². The number of hydrogen-bond acceptors (Lipinski definition) is 0. The normalized spacial score (nSPS) is 12.9.